The van der Waals surface area contributed by atoms with E-state index in [2.05, 4.69) is 5.10 Å². The Bertz CT molecular complexity index is 329. The van der Waals surface area contributed by atoms with E-state index < -0.39 is 0 Å². The molecule has 0 unspecified atom stereocenters. The first-order chi connectivity index (χ1) is 6.79. The maximum Gasteiger partial charge on any atom is 0.177 e. The molecule has 76 valence electrons. The van der Waals surface area contributed by atoms with Crippen LogP contribution in [-0.2, 0) is 0 Å². The minimum atomic E-state index is 0.112. The Hall–Kier alpha value is -0.770. The topological polar surface area (TPSA) is 34.9 Å². The van der Waals surface area contributed by atoms with Gasteiger partial charge < -0.3 is 0 Å². The zero-order chi connectivity index (χ0) is 9.97. The highest BCUT2D eigenvalue weighted by Gasteiger charge is 2.19. The Labute approximate surface area is 87.9 Å². The van der Waals surface area contributed by atoms with Gasteiger partial charge in [-0.15, -0.1) is 0 Å². The average molecular weight is 210 g/mol. The summed E-state index contributed by atoms with van der Waals surface area (Å²) >= 11 is 1.98. The van der Waals surface area contributed by atoms with Crippen molar-refractivity contribution in [3.63, 3.8) is 0 Å². The van der Waals surface area contributed by atoms with Crippen molar-refractivity contribution >= 4 is 17.5 Å². The van der Waals surface area contributed by atoms with Gasteiger partial charge in [-0.3, -0.25) is 9.48 Å². The van der Waals surface area contributed by atoms with Crippen molar-refractivity contribution in [3.8, 4) is 0 Å². The van der Waals surface area contributed by atoms with Crippen LogP contribution in [-0.4, -0.2) is 27.1 Å². The van der Waals surface area contributed by atoms with Gasteiger partial charge in [0.1, 0.15) is 5.69 Å². The van der Waals surface area contributed by atoms with Crippen LogP contribution >= 0.6 is 11.8 Å². The van der Waals surface area contributed by atoms with E-state index in [0.29, 0.717) is 6.04 Å². The van der Waals surface area contributed by atoms with E-state index in [9.17, 15) is 4.79 Å². The van der Waals surface area contributed by atoms with Gasteiger partial charge in [-0.1, -0.05) is 0 Å². The molecule has 1 aliphatic heterocycles. The van der Waals surface area contributed by atoms with Crippen molar-refractivity contribution < 1.29 is 4.79 Å². The second kappa shape index (κ2) is 4.17. The lowest BCUT2D eigenvalue weighted by Crippen LogP contribution is -2.19. The molecule has 0 atom stereocenters. The Kier molecular flexibility index (Phi) is 2.91. The molecular formula is C10H14N2OS. The fourth-order valence-corrected chi connectivity index (χ4v) is 2.90. The van der Waals surface area contributed by atoms with Gasteiger partial charge in [0.15, 0.2) is 5.78 Å². The first-order valence-corrected chi connectivity index (χ1v) is 6.06. The summed E-state index contributed by atoms with van der Waals surface area (Å²) in [6.07, 6.45) is 3.98. The van der Waals surface area contributed by atoms with Crippen LogP contribution in [0.2, 0.25) is 0 Å². The molecule has 1 aromatic rings. The van der Waals surface area contributed by atoms with E-state index in [1.54, 1.807) is 13.1 Å². The van der Waals surface area contributed by atoms with E-state index >= 15 is 0 Å². The van der Waals surface area contributed by atoms with Crippen LogP contribution in [0.5, 0.6) is 0 Å². The molecule has 2 heterocycles. The summed E-state index contributed by atoms with van der Waals surface area (Å²) in [4.78, 5) is 11.3. The summed E-state index contributed by atoms with van der Waals surface area (Å²) in [6.45, 7) is 1.60. The lowest BCUT2D eigenvalue weighted by molar-refractivity contribution is 0.1000. The van der Waals surface area contributed by atoms with Crippen LogP contribution in [0.1, 0.15) is 36.3 Å². The van der Waals surface area contributed by atoms with E-state index in [1.807, 2.05) is 22.5 Å². The van der Waals surface area contributed by atoms with E-state index in [0.717, 1.165) is 18.5 Å². The number of nitrogens with zero attached hydrogens (tertiary/aromatic N) is 2. The molecule has 0 spiro atoms. The Morgan fingerprint density at radius 1 is 1.57 bits per heavy atom. The van der Waals surface area contributed by atoms with Gasteiger partial charge in [-0.25, -0.2) is 0 Å². The van der Waals surface area contributed by atoms with Crippen LogP contribution in [0, 0.1) is 0 Å². The van der Waals surface area contributed by atoms with Crippen LogP contribution in [0.15, 0.2) is 12.3 Å². The Balaban J connectivity index is 2.21. The van der Waals surface area contributed by atoms with Crippen molar-refractivity contribution in [2.45, 2.75) is 25.8 Å². The lowest BCUT2D eigenvalue weighted by Gasteiger charge is -2.23. The normalized spacial score (nSPS) is 18.4. The number of hydrogen-bond acceptors (Lipinski definition) is 3. The smallest absolute Gasteiger partial charge is 0.177 e. The maximum absolute atomic E-state index is 11.3. The van der Waals surface area contributed by atoms with Crippen LogP contribution in [0.4, 0.5) is 0 Å². The summed E-state index contributed by atoms with van der Waals surface area (Å²) in [5.41, 5.74) is 0.752. The molecule has 4 heteroatoms. The predicted octanol–water partition coefficient (Wildman–Crippen LogP) is 2.15. The molecule has 14 heavy (non-hydrogen) atoms. The predicted molar refractivity (Wildman–Crippen MR) is 57.8 cm³/mol. The molecule has 0 aliphatic carbocycles. The van der Waals surface area contributed by atoms with Crippen LogP contribution in [0.25, 0.3) is 0 Å². The molecule has 0 bridgehead atoms. The highest BCUT2D eigenvalue weighted by atomic mass is 32.2. The number of hydrogen-bond donors (Lipinski definition) is 0. The van der Waals surface area contributed by atoms with E-state index in [-0.39, 0.29) is 5.78 Å². The second-order valence-corrected chi connectivity index (χ2v) is 4.79. The minimum absolute atomic E-state index is 0.112. The van der Waals surface area contributed by atoms with Crippen molar-refractivity contribution in [1.29, 1.82) is 0 Å². The molecule has 1 fully saturated rings. The van der Waals surface area contributed by atoms with Crippen LogP contribution in [0.3, 0.4) is 0 Å². The zero-order valence-electron chi connectivity index (χ0n) is 8.27. The first-order valence-electron chi connectivity index (χ1n) is 4.91. The number of carbonyl (C=O) groups is 1. The van der Waals surface area contributed by atoms with Crippen molar-refractivity contribution in [2.24, 2.45) is 0 Å². The monoisotopic (exact) mass is 210 g/mol. The number of Topliss-reactive ketones (excluding diaryl/α,β-unsaturated/α-hetero) is 1. The maximum atomic E-state index is 11.3. The molecule has 0 aromatic carbocycles. The third-order valence-electron chi connectivity index (χ3n) is 2.57. The summed E-state index contributed by atoms with van der Waals surface area (Å²) in [5.74, 6) is 2.48. The van der Waals surface area contributed by atoms with Gasteiger partial charge in [-0.2, -0.15) is 16.9 Å². The van der Waals surface area contributed by atoms with Gasteiger partial charge in [0.2, 0.25) is 0 Å². The molecule has 0 radical (unpaired) electrons. The molecule has 1 saturated heterocycles. The first kappa shape index (κ1) is 9.77. The second-order valence-electron chi connectivity index (χ2n) is 3.56. The average Bonchev–Trinajstić information content (AvgIpc) is 2.67. The van der Waals surface area contributed by atoms with Crippen molar-refractivity contribution in [2.75, 3.05) is 11.5 Å². The van der Waals surface area contributed by atoms with Gasteiger partial charge in [-0.05, 0) is 30.4 Å². The fraction of sp³-hybridized carbons (Fsp3) is 0.600. The Morgan fingerprint density at radius 2 is 2.29 bits per heavy atom. The van der Waals surface area contributed by atoms with Crippen molar-refractivity contribution in [1.82, 2.24) is 9.78 Å². The quantitative estimate of drug-likeness (QED) is 0.702. The van der Waals surface area contributed by atoms with E-state index in [4.69, 9.17) is 0 Å². The minimum Gasteiger partial charge on any atom is -0.293 e. The summed E-state index contributed by atoms with van der Waals surface area (Å²) in [6, 6.07) is 2.24. The fourth-order valence-electron chi connectivity index (χ4n) is 1.81. The largest absolute Gasteiger partial charge is 0.293 e. The van der Waals surface area contributed by atoms with Crippen LogP contribution < -0.4 is 0 Å². The van der Waals surface area contributed by atoms with Gasteiger partial charge in [0, 0.05) is 13.1 Å². The van der Waals surface area contributed by atoms with Gasteiger partial charge in [0.25, 0.3) is 0 Å². The number of aromatic nitrogens is 2. The number of carbonyl (C=O) groups excluding carboxylic acids is 1. The molecule has 0 N–H and O–H groups in total. The molecule has 2 rings (SSSR count). The highest BCUT2D eigenvalue weighted by Crippen LogP contribution is 2.27. The summed E-state index contributed by atoms with van der Waals surface area (Å²) < 4.78 is 1.90. The Morgan fingerprint density at radius 3 is 2.93 bits per heavy atom. The van der Waals surface area contributed by atoms with Crippen molar-refractivity contribution in [3.05, 3.63) is 18.0 Å². The lowest BCUT2D eigenvalue weighted by atomic mass is 10.1. The molecule has 3 nitrogen and oxygen atoms in total. The molecule has 0 saturated carbocycles. The summed E-state index contributed by atoms with van der Waals surface area (Å²) in [7, 11) is 0. The standard InChI is InChI=1S/C10H14N2OS/c1-8(13)10-2-5-11-12(10)9-3-6-14-7-4-9/h2,5,9H,3-4,6-7H2,1H3. The highest BCUT2D eigenvalue weighted by molar-refractivity contribution is 7.99. The van der Waals surface area contributed by atoms with E-state index in [1.165, 1.54) is 11.5 Å². The molecule has 1 aliphatic rings. The molecular weight excluding hydrogens is 196 g/mol. The number of thioether (sulfide) groups is 1. The third-order valence-corrected chi connectivity index (χ3v) is 3.62. The van der Waals surface area contributed by atoms with Gasteiger partial charge in [0.05, 0.1) is 6.04 Å². The summed E-state index contributed by atoms with van der Waals surface area (Å²) in [5, 5.41) is 4.25. The molecule has 0 amide bonds. The molecule has 1 aromatic heterocycles. The number of ketones is 1. The zero-order valence-corrected chi connectivity index (χ0v) is 9.09. The SMILES string of the molecule is CC(=O)c1ccnn1C1CCSCC1. The number of rotatable bonds is 2. The third kappa shape index (κ3) is 1.85. The van der Waals surface area contributed by atoms with Gasteiger partial charge >= 0.3 is 0 Å².